The van der Waals surface area contributed by atoms with Crippen LogP contribution < -0.4 is 40.9 Å². The van der Waals surface area contributed by atoms with Gasteiger partial charge in [-0.2, -0.15) is 0 Å². The van der Waals surface area contributed by atoms with Crippen LogP contribution in [0.3, 0.4) is 0 Å². The van der Waals surface area contributed by atoms with Crippen LogP contribution in [0.1, 0.15) is 119 Å². The lowest BCUT2D eigenvalue weighted by molar-refractivity contribution is -0.142. The summed E-state index contributed by atoms with van der Waals surface area (Å²) >= 11 is 0. The van der Waals surface area contributed by atoms with Crippen LogP contribution in [-0.4, -0.2) is 108 Å². The molecule has 0 fully saturated rings. The summed E-state index contributed by atoms with van der Waals surface area (Å²) in [5.74, 6) is -4.53. The molecule has 4 amide bonds. The zero-order chi connectivity index (χ0) is 52.5. The van der Waals surface area contributed by atoms with E-state index < -0.39 is 83.6 Å². The summed E-state index contributed by atoms with van der Waals surface area (Å²) < 4.78 is 34.3. The number of unbranched alkanes of at least 4 members (excludes halogenated alkanes) is 2. The Morgan fingerprint density at radius 1 is 0.657 bits per heavy atom. The molecule has 0 aliphatic rings. The van der Waals surface area contributed by atoms with Gasteiger partial charge in [-0.15, -0.1) is 0 Å². The summed E-state index contributed by atoms with van der Waals surface area (Å²) in [6.07, 6.45) is 4.26. The quantitative estimate of drug-likeness (QED) is 0.0256. The van der Waals surface area contributed by atoms with E-state index in [1.54, 1.807) is 47.6 Å². The predicted molar refractivity (Wildman–Crippen MR) is 261 cm³/mol. The van der Waals surface area contributed by atoms with Gasteiger partial charge in [0.1, 0.15) is 51.3 Å². The van der Waals surface area contributed by atoms with E-state index in [9.17, 15) is 48.9 Å². The number of hydrogen-bond acceptors (Lipinski definition) is 14. The summed E-state index contributed by atoms with van der Waals surface area (Å²) in [7, 11) is 1.35. The van der Waals surface area contributed by atoms with Gasteiger partial charge in [-0.3, -0.25) is 14.4 Å². The summed E-state index contributed by atoms with van der Waals surface area (Å²) in [5, 5.41) is 41.5. The number of aromatic hydroxyl groups is 1. The molecule has 0 saturated carbocycles. The van der Waals surface area contributed by atoms with Gasteiger partial charge in [-0.25, -0.2) is 19.2 Å². The van der Waals surface area contributed by atoms with Gasteiger partial charge in [0.25, 0.3) is 11.8 Å². The number of carboxylic acid groups (broad SMARTS) is 2. The van der Waals surface area contributed by atoms with Crippen molar-refractivity contribution in [3.8, 4) is 23.0 Å². The number of phenolic OH excluding ortho intramolecular Hbond substituents is 1. The van der Waals surface area contributed by atoms with E-state index in [-0.39, 0.29) is 83.5 Å². The standard InChI is InChI=1S/C50H70N4O16/c1-28(2)18-20-30-34(66-26-38(55)53-32(45(59)60)16-12-14-22-51-47(63)69-49(5,6)7)24-36-41(42(30)57)43(58)40-31(21-19-29(3)4)44(65-11)37(25-35(40)68-36)67-27-39(56)54-33(46(61)62)17-13-15-23-52-48(64)70-50(8,9)10/h18-19,24-25,32-33,57H,12-17,20-23,26-27H2,1-11H3,(H,51,63)(H,52,64)(H,53,55)(H,54,56)(H,59,60)(H,61,62). The van der Waals surface area contributed by atoms with Crippen LogP contribution in [0.25, 0.3) is 21.9 Å². The van der Waals surface area contributed by atoms with Crippen LogP contribution in [0.15, 0.2) is 44.6 Å². The highest BCUT2D eigenvalue weighted by Gasteiger charge is 2.27. The van der Waals surface area contributed by atoms with Gasteiger partial charge >= 0.3 is 24.1 Å². The molecule has 3 rings (SSSR count). The lowest BCUT2D eigenvalue weighted by atomic mass is 9.98. The number of carbonyl (C=O) groups is 6. The van der Waals surface area contributed by atoms with Gasteiger partial charge in [0.15, 0.2) is 24.7 Å². The Balaban J connectivity index is 1.93. The molecule has 0 radical (unpaired) electrons. The Morgan fingerprint density at radius 2 is 1.09 bits per heavy atom. The molecule has 20 nitrogen and oxygen atoms in total. The van der Waals surface area contributed by atoms with Crippen molar-refractivity contribution in [1.82, 2.24) is 21.3 Å². The summed E-state index contributed by atoms with van der Waals surface area (Å²) in [6, 6.07) is 0.136. The number of fused-ring (bicyclic) bond motifs is 2. The Bertz CT molecular complexity index is 2490. The molecule has 2 aromatic carbocycles. The van der Waals surface area contributed by atoms with Crippen LogP contribution in [0.5, 0.6) is 23.0 Å². The number of carboxylic acids is 2. The van der Waals surface area contributed by atoms with Crippen molar-refractivity contribution in [2.45, 2.75) is 144 Å². The molecule has 1 heterocycles. The maximum absolute atomic E-state index is 14.6. The monoisotopic (exact) mass is 982 g/mol. The molecule has 386 valence electrons. The van der Waals surface area contributed by atoms with Crippen LogP contribution in [0, 0.1) is 0 Å². The zero-order valence-corrected chi connectivity index (χ0v) is 42.1. The van der Waals surface area contributed by atoms with Gasteiger partial charge in [0.05, 0.1) is 12.5 Å². The summed E-state index contributed by atoms with van der Waals surface area (Å²) in [5.41, 5.74) is 0.0854. The molecule has 0 saturated heterocycles. The Labute approximate surface area is 407 Å². The molecule has 2 atom stereocenters. The summed E-state index contributed by atoms with van der Waals surface area (Å²) in [4.78, 5) is 88.9. The molecule has 70 heavy (non-hydrogen) atoms. The molecular formula is C50H70N4O16. The second-order valence-electron chi connectivity index (χ2n) is 19.1. The number of methoxy groups -OCH3 is 1. The normalized spacial score (nSPS) is 12.2. The van der Waals surface area contributed by atoms with Crippen molar-refractivity contribution in [3.63, 3.8) is 0 Å². The van der Waals surface area contributed by atoms with Crippen LogP contribution in [0.2, 0.25) is 0 Å². The fraction of sp³-hybridized carbons (Fsp3) is 0.540. The maximum atomic E-state index is 14.6. The number of rotatable bonds is 25. The minimum Gasteiger partial charge on any atom is -0.507 e. The number of hydrogen-bond donors (Lipinski definition) is 7. The Kier molecular flexibility index (Phi) is 21.4. The van der Waals surface area contributed by atoms with E-state index in [1.807, 2.05) is 33.8 Å². The number of amides is 4. The van der Waals surface area contributed by atoms with E-state index in [0.717, 1.165) is 11.1 Å². The number of carbonyl (C=O) groups excluding carboxylic acids is 4. The van der Waals surface area contributed by atoms with Crippen LogP contribution >= 0.6 is 0 Å². The first-order chi connectivity index (χ1) is 32.7. The molecule has 0 bridgehead atoms. The van der Waals surface area contributed by atoms with Crippen molar-refractivity contribution in [1.29, 1.82) is 0 Å². The van der Waals surface area contributed by atoms with Gasteiger partial charge < -0.3 is 64.7 Å². The fourth-order valence-electron chi connectivity index (χ4n) is 6.90. The third kappa shape index (κ3) is 18.5. The number of aliphatic carboxylic acids is 2. The molecule has 3 aromatic rings. The number of alkyl carbamates (subject to hydrolysis) is 2. The average Bonchev–Trinajstić information content (AvgIpc) is 3.23. The van der Waals surface area contributed by atoms with Crippen LogP contribution in [0.4, 0.5) is 9.59 Å². The highest BCUT2D eigenvalue weighted by Crippen LogP contribution is 2.42. The lowest BCUT2D eigenvalue weighted by Crippen LogP contribution is -2.43. The molecule has 0 spiro atoms. The molecule has 1 aromatic heterocycles. The van der Waals surface area contributed by atoms with Crippen molar-refractivity contribution in [3.05, 3.63) is 56.8 Å². The molecule has 0 aliphatic heterocycles. The van der Waals surface area contributed by atoms with Crippen LogP contribution in [-0.2, 0) is 41.5 Å². The SMILES string of the molecule is COc1c(OCC(=O)NC(CCCCNC(=O)OC(C)(C)C)C(=O)O)cc2oc3cc(OCC(=O)NC(CCCCNC(=O)OC(C)(C)C)C(=O)O)c(CC=C(C)C)c(O)c3c(=O)c2c1CC=C(C)C. The second kappa shape index (κ2) is 26.1. The fourth-order valence-corrected chi connectivity index (χ4v) is 6.90. The summed E-state index contributed by atoms with van der Waals surface area (Å²) in [6.45, 7) is 16.9. The first-order valence-corrected chi connectivity index (χ1v) is 23.1. The number of ether oxygens (including phenoxy) is 5. The topological polar surface area (TPSA) is 288 Å². The molecule has 7 N–H and O–H groups in total. The van der Waals surface area contributed by atoms with E-state index in [2.05, 4.69) is 21.3 Å². The molecule has 0 aliphatic carbocycles. The van der Waals surface area contributed by atoms with Crippen molar-refractivity contribution < 1.29 is 72.2 Å². The van der Waals surface area contributed by atoms with E-state index in [1.165, 1.54) is 19.2 Å². The lowest BCUT2D eigenvalue weighted by Gasteiger charge is -2.20. The number of nitrogens with one attached hydrogen (secondary N) is 4. The Morgan fingerprint density at radius 3 is 1.51 bits per heavy atom. The smallest absolute Gasteiger partial charge is 0.407 e. The highest BCUT2D eigenvalue weighted by molar-refractivity contribution is 5.98. The van der Waals surface area contributed by atoms with Gasteiger partial charge in [0, 0.05) is 36.3 Å². The second-order valence-corrected chi connectivity index (χ2v) is 19.1. The number of allylic oxidation sites excluding steroid dienone is 4. The molecule has 2 unspecified atom stereocenters. The highest BCUT2D eigenvalue weighted by atomic mass is 16.6. The largest absolute Gasteiger partial charge is 0.507 e. The van der Waals surface area contributed by atoms with Gasteiger partial charge in [-0.1, -0.05) is 23.3 Å². The third-order valence-corrected chi connectivity index (χ3v) is 10.1. The van der Waals surface area contributed by atoms with Crippen molar-refractivity contribution >= 4 is 57.9 Å². The average molecular weight is 983 g/mol. The third-order valence-electron chi connectivity index (χ3n) is 10.1. The predicted octanol–water partition coefficient (Wildman–Crippen LogP) is 6.96. The van der Waals surface area contributed by atoms with Gasteiger partial charge in [0.2, 0.25) is 5.43 Å². The van der Waals surface area contributed by atoms with E-state index >= 15 is 0 Å². The maximum Gasteiger partial charge on any atom is 0.407 e. The minimum absolute atomic E-state index is 0.0188. The first kappa shape index (κ1) is 57.3. The molecular weight excluding hydrogens is 913 g/mol. The first-order valence-electron chi connectivity index (χ1n) is 23.1. The minimum atomic E-state index is -1.28. The van der Waals surface area contributed by atoms with Crippen molar-refractivity contribution in [2.75, 3.05) is 33.4 Å². The zero-order valence-electron chi connectivity index (χ0n) is 42.1. The van der Waals surface area contributed by atoms with Gasteiger partial charge in [-0.05, 0) is 121 Å². The van der Waals surface area contributed by atoms with E-state index in [4.69, 9.17) is 28.1 Å². The number of phenols is 1. The van der Waals surface area contributed by atoms with E-state index in [0.29, 0.717) is 31.2 Å². The number of benzene rings is 2. The molecule has 20 heteroatoms. The van der Waals surface area contributed by atoms with Crippen molar-refractivity contribution in [2.24, 2.45) is 0 Å². The Hall–Kier alpha value is -6.99.